The van der Waals surface area contributed by atoms with Gasteiger partial charge >= 0.3 is 11.9 Å². The summed E-state index contributed by atoms with van der Waals surface area (Å²) < 4.78 is 37.2. The molecule has 0 aromatic carbocycles. The number of carbonyl (C=O) groups is 3. The molecule has 3 saturated heterocycles. The Bertz CT molecular complexity index is 1350. The molecule has 326 valence electrons. The predicted octanol–water partition coefficient (Wildman–Crippen LogP) is 1.56. The molecular formula is C39H69NO16. The third kappa shape index (κ3) is 10.1. The standard InChI is InChI=1S/C39H69NO16/c1-14-25-39(10,48)30(44)21(4)28(42)19(2)16-37(8,47)33(55-34-29(43)24(40(11)12)15-20(3)51-34)22(5)32(36(7,35(46)53-25)17-26(41)56-49)54-27-18-38(9,50-13)31(45)23(6)52-27/h19-25,27,29-34,43-45,47-49H,14-18H2,1-13H3/t19-,20+,21+,22+,23+,24-,25-,27?,29+,30-,31+,32+,33-,34?,36+,37-,38-,39-/m1/s1. The Morgan fingerprint density at radius 1 is 0.911 bits per heavy atom. The Morgan fingerprint density at radius 3 is 2.05 bits per heavy atom. The van der Waals surface area contributed by atoms with Crippen LogP contribution in [0, 0.1) is 23.2 Å². The van der Waals surface area contributed by atoms with Crippen LogP contribution in [0.25, 0.3) is 0 Å². The Kier molecular flexibility index (Phi) is 16.1. The highest BCUT2D eigenvalue weighted by Gasteiger charge is 2.58. The smallest absolute Gasteiger partial charge is 0.343 e. The molecule has 0 saturated carbocycles. The molecule has 17 nitrogen and oxygen atoms in total. The van der Waals surface area contributed by atoms with Crippen molar-refractivity contribution >= 4 is 17.7 Å². The second kappa shape index (κ2) is 18.6. The molecule has 3 aliphatic rings. The van der Waals surface area contributed by atoms with Gasteiger partial charge in [0.25, 0.3) is 0 Å². The van der Waals surface area contributed by atoms with Gasteiger partial charge in [0.05, 0.1) is 48.1 Å². The van der Waals surface area contributed by atoms with Crippen LogP contribution in [0.3, 0.4) is 0 Å². The molecule has 3 aliphatic heterocycles. The molecule has 0 radical (unpaired) electrons. The molecule has 18 atom stereocenters. The zero-order valence-electron chi connectivity index (χ0n) is 35.3. The van der Waals surface area contributed by atoms with E-state index in [1.165, 1.54) is 34.8 Å². The van der Waals surface area contributed by atoms with Crippen molar-refractivity contribution in [2.45, 2.75) is 186 Å². The number of ketones is 1. The van der Waals surface area contributed by atoms with Crippen LogP contribution in [0.15, 0.2) is 0 Å². The molecule has 3 heterocycles. The molecular weight excluding hydrogens is 738 g/mol. The zero-order chi connectivity index (χ0) is 42.9. The number of carbonyl (C=O) groups excluding carboxylic acids is 3. The first kappa shape index (κ1) is 48.5. The first-order valence-electron chi connectivity index (χ1n) is 19.6. The third-order valence-corrected chi connectivity index (χ3v) is 12.6. The number of Topliss-reactive ketones (excluding diaryl/α,β-unsaturated/α-hetero) is 1. The lowest BCUT2D eigenvalue weighted by Gasteiger charge is -2.51. The first-order valence-corrected chi connectivity index (χ1v) is 19.6. The number of methoxy groups -OCH3 is 1. The SMILES string of the molecule is CC[C@H]1OC(=O)[C@@](C)(CC(=O)OO)[C@@H](OC2C[C@@](C)(OC)[C@@H](O)[C@H](C)O2)[C@H](C)[C@@H](OC2O[C@@H](C)C[C@@H](N(C)C)[C@@H]2O)[C@](C)(O)C[C@@H](C)C(=O)[C@H](C)[C@@H](O)[C@]1(C)O. The predicted molar refractivity (Wildman–Crippen MR) is 199 cm³/mol. The maximum absolute atomic E-state index is 14.8. The van der Waals surface area contributed by atoms with Gasteiger partial charge in [0.1, 0.15) is 35.1 Å². The van der Waals surface area contributed by atoms with E-state index in [0.29, 0.717) is 6.42 Å². The molecule has 0 bridgehead atoms. The van der Waals surface area contributed by atoms with E-state index in [1.54, 1.807) is 48.7 Å². The van der Waals surface area contributed by atoms with E-state index in [9.17, 15) is 45.2 Å². The maximum atomic E-state index is 14.8. The third-order valence-electron chi connectivity index (χ3n) is 12.6. The van der Waals surface area contributed by atoms with Crippen LogP contribution < -0.4 is 0 Å². The van der Waals surface area contributed by atoms with Gasteiger partial charge in [-0.25, -0.2) is 4.79 Å². The minimum absolute atomic E-state index is 0.0379. The van der Waals surface area contributed by atoms with Crippen LogP contribution in [0.1, 0.15) is 101 Å². The van der Waals surface area contributed by atoms with E-state index in [0.717, 1.165) is 0 Å². The molecule has 17 heteroatoms. The van der Waals surface area contributed by atoms with Crippen molar-refractivity contribution in [2.75, 3.05) is 21.2 Å². The van der Waals surface area contributed by atoms with Gasteiger partial charge < -0.3 is 63.7 Å². The van der Waals surface area contributed by atoms with Crippen LogP contribution in [0.5, 0.6) is 0 Å². The van der Waals surface area contributed by atoms with Gasteiger partial charge in [-0.3, -0.25) is 9.59 Å². The van der Waals surface area contributed by atoms with E-state index in [1.807, 2.05) is 11.8 Å². The van der Waals surface area contributed by atoms with Crippen LogP contribution in [-0.4, -0.2) is 159 Å². The molecule has 6 N–H and O–H groups in total. The lowest BCUT2D eigenvalue weighted by Crippen LogP contribution is -2.63. The van der Waals surface area contributed by atoms with E-state index in [2.05, 4.69) is 4.89 Å². The van der Waals surface area contributed by atoms with Crippen molar-refractivity contribution in [2.24, 2.45) is 23.2 Å². The maximum Gasteiger partial charge on any atom is 0.343 e. The highest BCUT2D eigenvalue weighted by molar-refractivity contribution is 5.84. The molecule has 3 fully saturated rings. The summed E-state index contributed by atoms with van der Waals surface area (Å²) in [5, 5.41) is 67.9. The summed E-state index contributed by atoms with van der Waals surface area (Å²) in [6.07, 6.45) is -13.1. The van der Waals surface area contributed by atoms with Gasteiger partial charge in [-0.05, 0) is 74.9 Å². The number of likely N-dealkylation sites (N-methyl/N-ethyl adjacent to an activating group) is 1. The van der Waals surface area contributed by atoms with Crippen LogP contribution in [0.2, 0.25) is 0 Å². The number of ether oxygens (including phenoxy) is 6. The fourth-order valence-corrected chi connectivity index (χ4v) is 9.05. The largest absolute Gasteiger partial charge is 0.459 e. The normalized spacial score (nSPS) is 47.6. The van der Waals surface area contributed by atoms with Crippen molar-refractivity contribution in [3.05, 3.63) is 0 Å². The highest BCUT2D eigenvalue weighted by atomic mass is 17.1. The van der Waals surface area contributed by atoms with Crippen molar-refractivity contribution in [3.63, 3.8) is 0 Å². The Labute approximate surface area is 330 Å². The van der Waals surface area contributed by atoms with E-state index in [-0.39, 0.29) is 19.3 Å². The minimum atomic E-state index is -2.19. The quantitative estimate of drug-likeness (QED) is 0.110. The van der Waals surface area contributed by atoms with Gasteiger partial charge in [-0.2, -0.15) is 5.26 Å². The van der Waals surface area contributed by atoms with Gasteiger partial charge in [0, 0.05) is 37.3 Å². The molecule has 0 amide bonds. The second-order valence-corrected chi connectivity index (χ2v) is 17.7. The average molecular weight is 808 g/mol. The number of aliphatic hydroxyl groups is 5. The Hall–Kier alpha value is -1.87. The highest BCUT2D eigenvalue weighted by Crippen LogP contribution is 2.45. The van der Waals surface area contributed by atoms with Crippen molar-refractivity contribution in [1.29, 1.82) is 0 Å². The number of aliphatic hydroxyl groups excluding tert-OH is 3. The topological polar surface area (TPSA) is 240 Å². The Morgan fingerprint density at radius 2 is 1.52 bits per heavy atom. The second-order valence-electron chi connectivity index (χ2n) is 17.7. The summed E-state index contributed by atoms with van der Waals surface area (Å²) in [4.78, 5) is 47.7. The summed E-state index contributed by atoms with van der Waals surface area (Å²) in [7, 11) is 5.00. The van der Waals surface area contributed by atoms with E-state index < -0.39 is 132 Å². The lowest BCUT2D eigenvalue weighted by atomic mass is 9.69. The molecule has 3 rings (SSSR count). The van der Waals surface area contributed by atoms with Crippen LogP contribution >= 0.6 is 0 Å². The van der Waals surface area contributed by atoms with E-state index >= 15 is 0 Å². The Balaban J connectivity index is 2.36. The van der Waals surface area contributed by atoms with Crippen molar-refractivity contribution < 1.29 is 78.5 Å². The van der Waals surface area contributed by atoms with Crippen molar-refractivity contribution in [3.8, 4) is 0 Å². The fourth-order valence-electron chi connectivity index (χ4n) is 9.05. The monoisotopic (exact) mass is 807 g/mol. The minimum Gasteiger partial charge on any atom is -0.459 e. The molecule has 0 aromatic heterocycles. The summed E-state index contributed by atoms with van der Waals surface area (Å²) in [5.41, 5.74) is -7.52. The van der Waals surface area contributed by atoms with Gasteiger partial charge in [-0.1, -0.05) is 27.7 Å². The molecule has 0 spiro atoms. The summed E-state index contributed by atoms with van der Waals surface area (Å²) in [6, 6.07) is -0.425. The zero-order valence-corrected chi connectivity index (χ0v) is 35.3. The number of nitrogens with zero attached hydrogens (tertiary/aromatic N) is 1. The first-order chi connectivity index (χ1) is 25.7. The van der Waals surface area contributed by atoms with Crippen molar-refractivity contribution in [1.82, 2.24) is 4.90 Å². The van der Waals surface area contributed by atoms with Gasteiger partial charge in [0.2, 0.25) is 0 Å². The van der Waals surface area contributed by atoms with Gasteiger partial charge in [0.15, 0.2) is 12.6 Å². The van der Waals surface area contributed by atoms with Gasteiger partial charge in [-0.15, -0.1) is 0 Å². The van der Waals surface area contributed by atoms with E-state index in [4.69, 9.17) is 28.4 Å². The van der Waals surface area contributed by atoms with Crippen LogP contribution in [-0.2, 0) is 47.7 Å². The summed E-state index contributed by atoms with van der Waals surface area (Å²) in [5.74, 6) is -6.20. The fraction of sp³-hybridized carbons (Fsp3) is 0.923. The number of rotatable bonds is 9. The number of hydrogen-bond acceptors (Lipinski definition) is 17. The molecule has 2 unspecified atom stereocenters. The number of esters is 1. The summed E-state index contributed by atoms with van der Waals surface area (Å²) in [6.45, 7) is 15.2. The number of hydrogen-bond donors (Lipinski definition) is 6. The average Bonchev–Trinajstić information content (AvgIpc) is 3.12. The molecule has 0 aromatic rings. The number of cyclic esters (lactones) is 1. The van der Waals surface area contributed by atoms with Crippen LogP contribution in [0.4, 0.5) is 0 Å². The molecule has 56 heavy (non-hydrogen) atoms. The molecule has 0 aliphatic carbocycles. The summed E-state index contributed by atoms with van der Waals surface area (Å²) >= 11 is 0. The lowest BCUT2D eigenvalue weighted by molar-refractivity contribution is -0.323.